The number of anilines is 1. The molecule has 2 aromatic heterocycles. The first-order valence-corrected chi connectivity index (χ1v) is 6.99. The zero-order valence-corrected chi connectivity index (χ0v) is 10.8. The van der Waals surface area contributed by atoms with Crippen molar-refractivity contribution in [3.63, 3.8) is 0 Å². The molecule has 0 atom stereocenters. The molecule has 0 aromatic carbocycles. The summed E-state index contributed by atoms with van der Waals surface area (Å²) >= 11 is 10.5. The third kappa shape index (κ3) is 2.82. The topological polar surface area (TPSA) is 54.9 Å². The van der Waals surface area contributed by atoms with Gasteiger partial charge < -0.3 is 0 Å². The molecule has 0 fully saturated rings. The maximum Gasteiger partial charge on any atom is 0.259 e. The molecule has 2 heterocycles. The Morgan fingerprint density at radius 3 is 2.81 bits per heavy atom. The van der Waals surface area contributed by atoms with E-state index in [1.165, 1.54) is 26.9 Å². The largest absolute Gasteiger partial charge is 0.297 e. The molecule has 0 aliphatic carbocycles. The Kier molecular flexibility index (Phi) is 3.59. The van der Waals surface area contributed by atoms with Gasteiger partial charge in [-0.05, 0) is 45.0 Å². The second-order valence-corrected chi connectivity index (χ2v) is 5.81. The first-order chi connectivity index (χ1) is 7.65. The second kappa shape index (κ2) is 4.96. The average molecular weight is 290 g/mol. The summed E-state index contributed by atoms with van der Waals surface area (Å²) in [5.41, 5.74) is 0.426. The van der Waals surface area contributed by atoms with Crippen LogP contribution in [-0.2, 0) is 0 Å². The van der Waals surface area contributed by atoms with E-state index in [0.717, 1.165) is 0 Å². The van der Waals surface area contributed by atoms with Crippen molar-refractivity contribution in [3.8, 4) is 0 Å². The van der Waals surface area contributed by atoms with Gasteiger partial charge in [0.1, 0.15) is 5.15 Å². The maximum atomic E-state index is 11.7. The molecule has 0 saturated heterocycles. The Bertz CT molecular complexity index is 562. The molecule has 0 aliphatic rings. The molecule has 2 aromatic rings. The van der Waals surface area contributed by atoms with Crippen molar-refractivity contribution in [3.05, 3.63) is 33.0 Å². The summed E-state index contributed by atoms with van der Waals surface area (Å²) in [5.74, 6) is -0.277. The van der Waals surface area contributed by atoms with Crippen molar-refractivity contribution < 1.29 is 4.79 Å². The molecule has 0 radical (unpaired) electrons. The highest BCUT2D eigenvalue weighted by Crippen LogP contribution is 2.19. The molecular formula is C8H4ClN3OS3. The summed E-state index contributed by atoms with van der Waals surface area (Å²) < 4.78 is 0.509. The quantitative estimate of drug-likeness (QED) is 0.524. The van der Waals surface area contributed by atoms with Crippen molar-refractivity contribution >= 4 is 55.5 Å². The van der Waals surface area contributed by atoms with Crippen LogP contribution in [0.4, 0.5) is 5.13 Å². The molecular weight excluding hydrogens is 286 g/mol. The van der Waals surface area contributed by atoms with E-state index in [4.69, 9.17) is 23.8 Å². The number of hydrogen-bond donors (Lipinski definition) is 1. The first-order valence-electron chi connectivity index (χ1n) is 4.05. The van der Waals surface area contributed by atoms with E-state index in [1.807, 2.05) is 0 Å². The Morgan fingerprint density at radius 1 is 1.44 bits per heavy atom. The molecule has 0 unspecified atom stereocenters. The zero-order chi connectivity index (χ0) is 11.5. The average Bonchev–Trinajstić information content (AvgIpc) is 2.65. The van der Waals surface area contributed by atoms with Crippen LogP contribution in [0.1, 0.15) is 10.4 Å². The number of hydrogen-bond acceptors (Lipinski definition) is 6. The van der Waals surface area contributed by atoms with E-state index in [-0.39, 0.29) is 5.91 Å². The van der Waals surface area contributed by atoms with Crippen LogP contribution in [0.15, 0.2) is 18.3 Å². The van der Waals surface area contributed by atoms with Crippen molar-refractivity contribution in [2.24, 2.45) is 0 Å². The zero-order valence-electron chi connectivity index (χ0n) is 7.64. The van der Waals surface area contributed by atoms with Gasteiger partial charge in [-0.25, -0.2) is 4.98 Å². The van der Waals surface area contributed by atoms with E-state index in [0.29, 0.717) is 19.8 Å². The van der Waals surface area contributed by atoms with E-state index < -0.39 is 0 Å². The van der Waals surface area contributed by atoms with E-state index >= 15 is 0 Å². The number of amides is 1. The normalized spacial score (nSPS) is 10.1. The van der Waals surface area contributed by atoms with Gasteiger partial charge in [-0.15, -0.1) is 0 Å². The van der Waals surface area contributed by atoms with Crippen LogP contribution >= 0.6 is 44.5 Å². The van der Waals surface area contributed by atoms with Crippen LogP contribution in [0.5, 0.6) is 0 Å². The van der Waals surface area contributed by atoms with Gasteiger partial charge in [0, 0.05) is 6.20 Å². The lowest BCUT2D eigenvalue weighted by molar-refractivity contribution is 0.102. The number of aromatic nitrogens is 2. The minimum atomic E-state index is -0.277. The fourth-order valence-corrected chi connectivity index (χ4v) is 2.89. The summed E-state index contributed by atoms with van der Waals surface area (Å²) in [6.45, 7) is 0. The first kappa shape index (κ1) is 11.6. The van der Waals surface area contributed by atoms with Crippen LogP contribution in [0.2, 0.25) is 5.15 Å². The highest BCUT2D eigenvalue weighted by atomic mass is 35.5. The number of nitrogens with one attached hydrogen (secondary N) is 1. The summed E-state index contributed by atoms with van der Waals surface area (Å²) in [5, 5.41) is 3.47. The molecule has 1 amide bonds. The molecule has 4 nitrogen and oxygen atoms in total. The van der Waals surface area contributed by atoms with Gasteiger partial charge >= 0.3 is 0 Å². The second-order valence-electron chi connectivity index (χ2n) is 2.67. The Morgan fingerprint density at radius 2 is 2.25 bits per heavy atom. The molecule has 8 heteroatoms. The van der Waals surface area contributed by atoms with Crippen LogP contribution in [0.3, 0.4) is 0 Å². The third-order valence-electron chi connectivity index (χ3n) is 1.59. The van der Waals surface area contributed by atoms with Gasteiger partial charge in [0.25, 0.3) is 5.91 Å². The molecule has 82 valence electrons. The molecule has 0 bridgehead atoms. The van der Waals surface area contributed by atoms with E-state index in [2.05, 4.69) is 15.3 Å². The van der Waals surface area contributed by atoms with Gasteiger partial charge in [0.2, 0.25) is 5.13 Å². The van der Waals surface area contributed by atoms with E-state index in [9.17, 15) is 4.79 Å². The number of carbonyl (C=O) groups excluding carboxylic acids is 1. The maximum absolute atomic E-state index is 11.7. The van der Waals surface area contributed by atoms with Crippen molar-refractivity contribution in [2.75, 3.05) is 5.32 Å². The van der Waals surface area contributed by atoms with Crippen LogP contribution in [-0.4, -0.2) is 15.9 Å². The Labute approximate surface area is 108 Å². The smallest absolute Gasteiger partial charge is 0.259 e. The van der Waals surface area contributed by atoms with Crippen LogP contribution < -0.4 is 5.32 Å². The monoisotopic (exact) mass is 289 g/mol. The molecule has 0 aliphatic heterocycles. The molecule has 1 N–H and O–H groups in total. The predicted molar refractivity (Wildman–Crippen MR) is 68.0 cm³/mol. The van der Waals surface area contributed by atoms with Crippen LogP contribution in [0.25, 0.3) is 0 Å². The number of rotatable bonds is 2. The lowest BCUT2D eigenvalue weighted by atomic mass is 10.3. The van der Waals surface area contributed by atoms with Gasteiger partial charge in [-0.2, -0.15) is 4.98 Å². The van der Waals surface area contributed by atoms with Crippen molar-refractivity contribution in [1.82, 2.24) is 9.97 Å². The van der Waals surface area contributed by atoms with Crippen molar-refractivity contribution in [1.29, 1.82) is 0 Å². The van der Waals surface area contributed by atoms with Gasteiger partial charge in [-0.3, -0.25) is 10.1 Å². The highest BCUT2D eigenvalue weighted by molar-refractivity contribution is 7.79. The number of halogens is 1. The molecule has 0 saturated carbocycles. The standard InChI is InChI=1S/C8H4ClN3OS3/c9-5-2-1-4(3-10-5)6(13)11-7-12-8(14)16-15-7/h1-3H,(H,11,12,13,14). The number of pyridine rings is 1. The predicted octanol–water partition coefficient (Wildman–Crippen LogP) is 3.23. The minimum absolute atomic E-state index is 0.277. The van der Waals surface area contributed by atoms with Gasteiger partial charge in [0.05, 0.1) is 5.56 Å². The molecule has 2 rings (SSSR count). The molecule has 0 spiro atoms. The molecule has 16 heavy (non-hydrogen) atoms. The summed E-state index contributed by atoms with van der Waals surface area (Å²) in [6.07, 6.45) is 1.41. The van der Waals surface area contributed by atoms with Gasteiger partial charge in [0.15, 0.2) is 3.95 Å². The van der Waals surface area contributed by atoms with Gasteiger partial charge in [-0.1, -0.05) is 11.6 Å². The fraction of sp³-hybridized carbons (Fsp3) is 0. The fourth-order valence-electron chi connectivity index (χ4n) is 0.923. The number of carbonyl (C=O) groups is 1. The lowest BCUT2D eigenvalue weighted by Gasteiger charge is -2.00. The SMILES string of the molecule is O=C(Nc1nc(=S)ss1)c1ccc(Cl)nc1. The summed E-state index contributed by atoms with van der Waals surface area (Å²) in [7, 11) is 2.66. The van der Waals surface area contributed by atoms with E-state index in [1.54, 1.807) is 12.1 Å². The number of nitrogens with zero attached hydrogens (tertiary/aromatic N) is 2. The third-order valence-corrected chi connectivity index (χ3v) is 4.34. The minimum Gasteiger partial charge on any atom is -0.297 e. The highest BCUT2D eigenvalue weighted by Gasteiger charge is 2.08. The Balaban J connectivity index is 2.14. The summed E-state index contributed by atoms with van der Waals surface area (Å²) in [4.78, 5) is 19.5. The van der Waals surface area contributed by atoms with Crippen LogP contribution in [0, 0.1) is 3.95 Å². The Hall–Kier alpha value is -0.890. The lowest BCUT2D eigenvalue weighted by Crippen LogP contribution is -2.11. The summed E-state index contributed by atoms with van der Waals surface area (Å²) in [6, 6.07) is 3.15. The van der Waals surface area contributed by atoms with Crippen molar-refractivity contribution in [2.45, 2.75) is 0 Å².